The van der Waals surface area contributed by atoms with Crippen molar-refractivity contribution in [1.29, 1.82) is 0 Å². The number of carbonyl (C=O) groups excluding carboxylic acids is 4. The second kappa shape index (κ2) is 12.4. The van der Waals surface area contributed by atoms with Crippen LogP contribution in [0.2, 0.25) is 50.4 Å². The van der Waals surface area contributed by atoms with Gasteiger partial charge in [0.15, 0.2) is 0 Å². The van der Waals surface area contributed by atoms with E-state index in [1.807, 2.05) is 0 Å². The van der Waals surface area contributed by atoms with Gasteiger partial charge in [-0.15, -0.1) is 0 Å². The van der Waals surface area contributed by atoms with Gasteiger partial charge in [0, 0.05) is 28.3 Å². The molecule has 0 aromatic heterocycles. The molecule has 6 rings (SSSR count). The first-order valence-corrected chi connectivity index (χ1v) is 25.2. The van der Waals surface area contributed by atoms with Crippen LogP contribution in [0.4, 0.5) is 0 Å². The largest absolute Gasteiger partial charge is 0.390 e. The zero-order valence-electron chi connectivity index (χ0n) is 29.1. The molecule has 0 N–H and O–H groups in total. The smallest absolute Gasteiger partial charge is 0.338 e. The Morgan fingerprint density at radius 2 is 1.09 bits per heavy atom. The Balaban J connectivity index is 0.994. The number of ether oxygens (including phenoxy) is 2. The second-order valence-corrected chi connectivity index (χ2v) is 28.0. The van der Waals surface area contributed by atoms with Gasteiger partial charge < -0.3 is 9.47 Å². The summed E-state index contributed by atoms with van der Waals surface area (Å²) in [6.45, 7) is 14.7. The van der Waals surface area contributed by atoms with Crippen molar-refractivity contribution in [2.45, 2.75) is 128 Å². The number of hydrogen-bond acceptors (Lipinski definition) is 6. The molecule has 2 saturated heterocycles. The Morgan fingerprint density at radius 1 is 0.696 bits per heavy atom. The van der Waals surface area contributed by atoms with Crippen molar-refractivity contribution in [1.82, 2.24) is 0 Å². The maximum Gasteiger partial charge on any atom is 0.338 e. The molecule has 6 nitrogen and oxygen atoms in total. The molecule has 46 heavy (non-hydrogen) atoms. The summed E-state index contributed by atoms with van der Waals surface area (Å²) in [7, 11) is -2.41. The first-order valence-electron chi connectivity index (χ1n) is 18.3. The number of rotatable bonds is 8. The van der Waals surface area contributed by atoms with Gasteiger partial charge >= 0.3 is 23.9 Å². The lowest BCUT2D eigenvalue weighted by atomic mass is 9.69. The quantitative estimate of drug-likeness (QED) is 0.0849. The number of carbonyl (C=O) groups is 4. The van der Waals surface area contributed by atoms with Gasteiger partial charge in [-0.3, -0.25) is 9.59 Å². The molecule has 0 spiro atoms. The van der Waals surface area contributed by atoms with Crippen LogP contribution in [0, 0.1) is 46.3 Å². The normalized spacial score (nSPS) is 38.8. The van der Waals surface area contributed by atoms with E-state index < -0.39 is 40.0 Å². The number of hydrogen-bond donors (Lipinski definition) is 0. The maximum atomic E-state index is 13.0. The van der Waals surface area contributed by atoms with Crippen molar-refractivity contribution in [2.75, 3.05) is 0 Å². The molecule has 0 aromatic rings. The predicted octanol–water partition coefficient (Wildman–Crippen LogP) is 8.64. The van der Waals surface area contributed by atoms with E-state index in [1.54, 1.807) is 11.1 Å². The molecule has 4 aliphatic carbocycles. The van der Waals surface area contributed by atoms with E-state index in [2.05, 4.69) is 52.2 Å². The molecule has 2 heterocycles. The lowest BCUT2D eigenvalue weighted by Gasteiger charge is -2.47. The summed E-state index contributed by atoms with van der Waals surface area (Å²) >= 11 is 0. The van der Waals surface area contributed by atoms with Crippen LogP contribution in [0.3, 0.4) is 0 Å². The van der Waals surface area contributed by atoms with Crippen molar-refractivity contribution >= 4 is 40.0 Å². The molecule has 252 valence electrons. The third kappa shape index (κ3) is 6.38. The Kier molecular flexibility index (Phi) is 9.14. The SMILES string of the molecule is CCC1(C2=CC3CC2CC3C(=O)OC(=O)/C=C\C(=O)OC(=O)C2CC3CC2C=C3C2(CC)CCC[Si](C)(C)C2)CCC[Si](C)(C)C1. The van der Waals surface area contributed by atoms with Crippen LogP contribution < -0.4 is 0 Å². The highest BCUT2D eigenvalue weighted by Gasteiger charge is 2.53. The van der Waals surface area contributed by atoms with Gasteiger partial charge in [0.05, 0.1) is 11.8 Å². The Hall–Kier alpha value is -2.07. The van der Waals surface area contributed by atoms with Gasteiger partial charge in [0.1, 0.15) is 0 Å². The van der Waals surface area contributed by atoms with Gasteiger partial charge in [0.25, 0.3) is 0 Å². The molecular formula is C38H56O6Si2. The second-order valence-electron chi connectivity index (χ2n) is 17.6. The fourth-order valence-electron chi connectivity index (χ4n) is 11.6. The summed E-state index contributed by atoms with van der Waals surface area (Å²) in [6, 6.07) is 5.48. The van der Waals surface area contributed by atoms with Crippen LogP contribution in [-0.2, 0) is 28.7 Å². The zero-order chi connectivity index (χ0) is 33.1. The van der Waals surface area contributed by atoms with E-state index >= 15 is 0 Å². The van der Waals surface area contributed by atoms with E-state index in [1.165, 1.54) is 49.9 Å². The van der Waals surface area contributed by atoms with Gasteiger partial charge in [-0.25, -0.2) is 9.59 Å². The van der Waals surface area contributed by atoms with Gasteiger partial charge in [-0.05, 0) is 98.0 Å². The van der Waals surface area contributed by atoms with Crippen LogP contribution in [-0.4, -0.2) is 40.0 Å². The summed E-state index contributed by atoms with van der Waals surface area (Å²) in [6.07, 6.45) is 17.4. The average molecular weight is 665 g/mol. The molecular weight excluding hydrogens is 609 g/mol. The highest BCUT2D eigenvalue weighted by molar-refractivity contribution is 6.78. The molecule has 2 saturated carbocycles. The minimum atomic E-state index is -1.21. The van der Waals surface area contributed by atoms with Gasteiger partial charge in [-0.2, -0.15) is 0 Å². The highest BCUT2D eigenvalue weighted by Crippen LogP contribution is 2.61. The molecule has 6 aliphatic rings. The third-order valence-electron chi connectivity index (χ3n) is 13.5. The minimum Gasteiger partial charge on any atom is -0.390 e. The molecule has 0 radical (unpaired) electrons. The van der Waals surface area contributed by atoms with Crippen molar-refractivity contribution in [2.24, 2.45) is 46.3 Å². The standard InChI is InChI=1S/C38H56O6Si2/c1-7-37(13-9-15-45(3,4)23-37)31-21-25-17-27(31)19-29(25)35(41)43-33(39)11-12-34(40)44-36(42)30-20-28-18-26(30)22-32(28)38(8-2)14-10-16-46(5,6)24-38/h11-12,21-22,25-30H,7-10,13-20,23-24H2,1-6H3/b12-11-. The van der Waals surface area contributed by atoms with Crippen LogP contribution in [0.25, 0.3) is 0 Å². The van der Waals surface area contributed by atoms with Gasteiger partial charge in [0.2, 0.25) is 0 Å². The molecule has 4 fully saturated rings. The van der Waals surface area contributed by atoms with E-state index in [0.29, 0.717) is 22.7 Å². The molecule has 8 heteroatoms. The Bertz CT molecular complexity index is 1270. The third-order valence-corrected chi connectivity index (χ3v) is 20.2. The number of fused-ring (bicyclic) bond motifs is 4. The van der Waals surface area contributed by atoms with Crippen LogP contribution in [0.5, 0.6) is 0 Å². The van der Waals surface area contributed by atoms with Crippen LogP contribution in [0.1, 0.15) is 78.1 Å². The maximum absolute atomic E-state index is 13.0. The zero-order valence-corrected chi connectivity index (χ0v) is 31.1. The van der Waals surface area contributed by atoms with Crippen molar-refractivity contribution in [3.63, 3.8) is 0 Å². The fraction of sp³-hybridized carbons (Fsp3) is 0.737. The Morgan fingerprint density at radius 3 is 1.39 bits per heavy atom. The molecule has 8 atom stereocenters. The topological polar surface area (TPSA) is 86.7 Å². The molecule has 0 aromatic carbocycles. The van der Waals surface area contributed by atoms with E-state index in [9.17, 15) is 19.2 Å². The summed E-state index contributed by atoms with van der Waals surface area (Å²) < 4.78 is 10.3. The van der Waals surface area contributed by atoms with Gasteiger partial charge in [-0.1, -0.05) is 88.3 Å². The van der Waals surface area contributed by atoms with Crippen molar-refractivity contribution < 1.29 is 28.7 Å². The monoisotopic (exact) mass is 664 g/mol. The average Bonchev–Trinajstić information content (AvgIpc) is 3.80. The Labute approximate surface area is 278 Å². The summed E-state index contributed by atoms with van der Waals surface area (Å²) in [5, 5.41) is 0. The first kappa shape index (κ1) is 33.8. The molecule has 2 aliphatic heterocycles. The predicted molar refractivity (Wildman–Crippen MR) is 185 cm³/mol. The van der Waals surface area contributed by atoms with E-state index in [0.717, 1.165) is 50.7 Å². The number of esters is 4. The summed E-state index contributed by atoms with van der Waals surface area (Å²) in [5.74, 6) is -2.37. The minimum absolute atomic E-state index is 0.122. The molecule has 4 bridgehead atoms. The van der Waals surface area contributed by atoms with E-state index in [-0.39, 0.29) is 23.7 Å². The van der Waals surface area contributed by atoms with Crippen molar-refractivity contribution in [3.8, 4) is 0 Å². The first-order chi connectivity index (χ1) is 21.7. The number of allylic oxidation sites excluding steroid dienone is 4. The van der Waals surface area contributed by atoms with Crippen LogP contribution >= 0.6 is 0 Å². The fourth-order valence-corrected chi connectivity index (χ4v) is 19.1. The van der Waals surface area contributed by atoms with Crippen molar-refractivity contribution in [3.05, 3.63) is 35.5 Å². The summed E-state index contributed by atoms with van der Waals surface area (Å²) in [5.41, 5.74) is 3.74. The molecule has 8 unspecified atom stereocenters. The van der Waals surface area contributed by atoms with Crippen LogP contribution in [0.15, 0.2) is 35.5 Å². The van der Waals surface area contributed by atoms with E-state index in [4.69, 9.17) is 9.47 Å². The summed E-state index contributed by atoms with van der Waals surface area (Å²) in [4.78, 5) is 51.0. The lowest BCUT2D eigenvalue weighted by Crippen LogP contribution is -2.41. The highest BCUT2D eigenvalue weighted by atomic mass is 28.3. The lowest BCUT2D eigenvalue weighted by molar-refractivity contribution is -0.162. The molecule has 0 amide bonds.